The summed E-state index contributed by atoms with van der Waals surface area (Å²) in [5, 5.41) is 6.51. The molecule has 1 saturated heterocycles. The number of carbonyl (C=O) groups excluding carboxylic acids is 2. The smallest absolute Gasteiger partial charge is 0.257 e. The molecule has 1 saturated carbocycles. The van der Waals surface area contributed by atoms with E-state index in [9.17, 15) is 14.0 Å². The average molecular weight is 501 g/mol. The van der Waals surface area contributed by atoms with Crippen LogP contribution in [-0.2, 0) is 4.79 Å². The maximum atomic E-state index is 14.8. The van der Waals surface area contributed by atoms with E-state index in [4.69, 9.17) is 0 Å². The van der Waals surface area contributed by atoms with Gasteiger partial charge in [0.2, 0.25) is 5.91 Å². The zero-order valence-electron chi connectivity index (χ0n) is 21.1. The van der Waals surface area contributed by atoms with Crippen molar-refractivity contribution in [1.82, 2.24) is 9.88 Å². The summed E-state index contributed by atoms with van der Waals surface area (Å²) < 4.78 is 14.8. The highest BCUT2D eigenvalue weighted by molar-refractivity contribution is 5.98. The summed E-state index contributed by atoms with van der Waals surface area (Å²) >= 11 is 0. The molecule has 2 heterocycles. The number of nitrogens with zero attached hydrogens (tertiary/aromatic N) is 2. The lowest BCUT2D eigenvalue weighted by Gasteiger charge is -2.41. The van der Waals surface area contributed by atoms with E-state index in [1.165, 1.54) is 31.7 Å². The van der Waals surface area contributed by atoms with Crippen molar-refractivity contribution < 1.29 is 14.0 Å². The highest BCUT2D eigenvalue weighted by Gasteiger charge is 2.40. The van der Waals surface area contributed by atoms with E-state index in [-0.39, 0.29) is 17.4 Å². The summed E-state index contributed by atoms with van der Waals surface area (Å²) in [6.45, 7) is 2.19. The number of hydrogen-bond donors (Lipinski definition) is 2. The Morgan fingerprint density at radius 2 is 1.73 bits per heavy atom. The van der Waals surface area contributed by atoms with Gasteiger partial charge in [-0.25, -0.2) is 9.37 Å². The Kier molecular flexibility index (Phi) is 7.49. The number of nitrogens with one attached hydrogen (secondary N) is 2. The molecule has 0 radical (unpaired) electrons. The van der Waals surface area contributed by atoms with Crippen LogP contribution < -0.4 is 10.6 Å². The van der Waals surface area contributed by atoms with Gasteiger partial charge in [0.05, 0.1) is 17.5 Å². The number of halogens is 1. The van der Waals surface area contributed by atoms with E-state index < -0.39 is 17.8 Å². The zero-order valence-corrected chi connectivity index (χ0v) is 21.1. The molecule has 6 nitrogen and oxygen atoms in total. The summed E-state index contributed by atoms with van der Waals surface area (Å²) in [6, 6.07) is 18.0. The third-order valence-corrected chi connectivity index (χ3v) is 7.56. The quantitative estimate of drug-likeness (QED) is 0.428. The molecule has 192 valence electrons. The number of piperidine rings is 1. The van der Waals surface area contributed by atoms with Gasteiger partial charge in [-0.05, 0) is 74.1 Å². The van der Waals surface area contributed by atoms with Crippen LogP contribution in [0.5, 0.6) is 0 Å². The Morgan fingerprint density at radius 1 is 0.946 bits per heavy atom. The molecule has 0 bridgehead atoms. The standard InChI is InChI=1S/C30H33FN4O2/c1-20-8-6-12-25(31)27(20)30(37)35-19-7-11-24(29(36)34-26-13-4-5-18-32-26)28(35)21-14-16-23(17-15-21)33-22-9-2-3-10-22/h4-6,8,12-18,22,24,28,33H,2-3,7,9-11,19H2,1H3,(H,32,34,36). The first-order valence-corrected chi connectivity index (χ1v) is 13.2. The second-order valence-electron chi connectivity index (χ2n) is 10.1. The average Bonchev–Trinajstić information content (AvgIpc) is 3.42. The first-order chi connectivity index (χ1) is 18.0. The van der Waals surface area contributed by atoms with Gasteiger partial charge in [-0.15, -0.1) is 0 Å². The molecule has 5 rings (SSSR count). The van der Waals surface area contributed by atoms with Crippen LogP contribution in [0.4, 0.5) is 15.9 Å². The predicted octanol–water partition coefficient (Wildman–Crippen LogP) is 6.12. The second-order valence-corrected chi connectivity index (χ2v) is 10.1. The normalized spacial score (nSPS) is 20.0. The molecule has 2 aliphatic rings. The van der Waals surface area contributed by atoms with Crippen LogP contribution in [0.15, 0.2) is 66.9 Å². The Bertz CT molecular complexity index is 1220. The molecule has 37 heavy (non-hydrogen) atoms. The van der Waals surface area contributed by atoms with Crippen molar-refractivity contribution in [3.63, 3.8) is 0 Å². The number of benzene rings is 2. The first-order valence-electron chi connectivity index (χ1n) is 13.2. The Balaban J connectivity index is 1.47. The Labute approximate surface area is 217 Å². The van der Waals surface area contributed by atoms with E-state index in [1.807, 2.05) is 30.3 Å². The van der Waals surface area contributed by atoms with Crippen LogP contribution in [-0.4, -0.2) is 34.3 Å². The molecular formula is C30H33FN4O2. The number of hydrogen-bond acceptors (Lipinski definition) is 4. The SMILES string of the molecule is Cc1cccc(F)c1C(=O)N1CCCC(C(=O)Nc2ccccn2)C1c1ccc(NC2CCCC2)cc1. The number of rotatable bonds is 6. The minimum Gasteiger partial charge on any atom is -0.382 e. The topological polar surface area (TPSA) is 74.3 Å². The van der Waals surface area contributed by atoms with Crippen molar-refractivity contribution in [2.24, 2.45) is 5.92 Å². The van der Waals surface area contributed by atoms with Crippen LogP contribution in [0.1, 0.15) is 66.1 Å². The largest absolute Gasteiger partial charge is 0.382 e. The number of amides is 2. The Hall–Kier alpha value is -3.74. The van der Waals surface area contributed by atoms with Gasteiger partial charge in [0.1, 0.15) is 11.6 Å². The number of aryl methyl sites for hydroxylation is 1. The number of likely N-dealkylation sites (tertiary alicyclic amines) is 1. The first kappa shape index (κ1) is 24.9. The molecule has 2 aromatic carbocycles. The lowest BCUT2D eigenvalue weighted by molar-refractivity contribution is -0.123. The van der Waals surface area contributed by atoms with E-state index in [2.05, 4.69) is 15.6 Å². The molecule has 3 aromatic rings. The number of carbonyl (C=O) groups is 2. The lowest BCUT2D eigenvalue weighted by Crippen LogP contribution is -2.46. The fourth-order valence-corrected chi connectivity index (χ4v) is 5.69. The van der Waals surface area contributed by atoms with Gasteiger partial charge >= 0.3 is 0 Å². The summed E-state index contributed by atoms with van der Waals surface area (Å²) in [7, 11) is 0. The van der Waals surface area contributed by atoms with Gasteiger partial charge in [-0.1, -0.05) is 43.2 Å². The highest BCUT2D eigenvalue weighted by Crippen LogP contribution is 2.39. The molecule has 1 aromatic heterocycles. The minimum atomic E-state index is -0.542. The van der Waals surface area contributed by atoms with Gasteiger partial charge in [0.25, 0.3) is 5.91 Å². The number of anilines is 2. The van der Waals surface area contributed by atoms with E-state index >= 15 is 0 Å². The third-order valence-electron chi connectivity index (χ3n) is 7.56. The van der Waals surface area contributed by atoms with Gasteiger partial charge < -0.3 is 15.5 Å². The van der Waals surface area contributed by atoms with Crippen LogP contribution in [0.25, 0.3) is 0 Å². The fourth-order valence-electron chi connectivity index (χ4n) is 5.69. The molecule has 7 heteroatoms. The zero-order chi connectivity index (χ0) is 25.8. The summed E-state index contributed by atoms with van der Waals surface area (Å²) in [6.07, 6.45) is 7.73. The van der Waals surface area contributed by atoms with E-state index in [1.54, 1.807) is 42.3 Å². The van der Waals surface area contributed by atoms with Crippen molar-refractivity contribution in [2.75, 3.05) is 17.2 Å². The fraction of sp³-hybridized carbons (Fsp3) is 0.367. The van der Waals surface area contributed by atoms with Crippen molar-refractivity contribution >= 4 is 23.3 Å². The minimum absolute atomic E-state index is 0.0674. The molecule has 2 atom stereocenters. The molecule has 0 spiro atoms. The highest BCUT2D eigenvalue weighted by atomic mass is 19.1. The predicted molar refractivity (Wildman–Crippen MR) is 143 cm³/mol. The van der Waals surface area contributed by atoms with Crippen LogP contribution in [0.2, 0.25) is 0 Å². The molecule has 1 aliphatic carbocycles. The molecule has 2 fully saturated rings. The molecule has 2 unspecified atom stereocenters. The van der Waals surface area contributed by atoms with E-state index in [0.717, 1.165) is 11.3 Å². The summed E-state index contributed by atoms with van der Waals surface area (Å²) in [5.41, 5.74) is 2.54. The van der Waals surface area contributed by atoms with Crippen LogP contribution >= 0.6 is 0 Å². The maximum Gasteiger partial charge on any atom is 0.257 e. The van der Waals surface area contributed by atoms with Crippen molar-refractivity contribution in [2.45, 2.75) is 57.5 Å². The monoisotopic (exact) mass is 500 g/mol. The molecule has 2 N–H and O–H groups in total. The number of aromatic nitrogens is 1. The molecule has 1 aliphatic heterocycles. The third kappa shape index (κ3) is 5.50. The summed E-state index contributed by atoms with van der Waals surface area (Å²) in [4.78, 5) is 33.2. The van der Waals surface area contributed by atoms with Gasteiger partial charge in [-0.3, -0.25) is 9.59 Å². The molecular weight excluding hydrogens is 467 g/mol. The van der Waals surface area contributed by atoms with Gasteiger partial charge in [0.15, 0.2) is 0 Å². The lowest BCUT2D eigenvalue weighted by atomic mass is 9.83. The van der Waals surface area contributed by atoms with Gasteiger partial charge in [0, 0.05) is 24.5 Å². The Morgan fingerprint density at radius 3 is 2.43 bits per heavy atom. The van der Waals surface area contributed by atoms with Crippen molar-refractivity contribution in [3.05, 3.63) is 89.4 Å². The van der Waals surface area contributed by atoms with E-state index in [0.29, 0.717) is 36.8 Å². The second kappa shape index (κ2) is 11.1. The van der Waals surface area contributed by atoms with Crippen LogP contribution in [0, 0.1) is 18.7 Å². The molecule has 2 amide bonds. The van der Waals surface area contributed by atoms with Crippen molar-refractivity contribution in [1.29, 1.82) is 0 Å². The number of pyridine rings is 1. The summed E-state index contributed by atoms with van der Waals surface area (Å²) in [5.74, 6) is -1.15. The maximum absolute atomic E-state index is 14.8. The van der Waals surface area contributed by atoms with Crippen molar-refractivity contribution in [3.8, 4) is 0 Å². The van der Waals surface area contributed by atoms with Crippen LogP contribution in [0.3, 0.4) is 0 Å². The van der Waals surface area contributed by atoms with Gasteiger partial charge in [-0.2, -0.15) is 0 Å².